The minimum absolute atomic E-state index is 0.102. The van der Waals surface area contributed by atoms with Crippen LogP contribution in [0.2, 0.25) is 0 Å². The molecule has 6 nitrogen and oxygen atoms in total. The fourth-order valence-electron chi connectivity index (χ4n) is 1.70. The third-order valence-corrected chi connectivity index (χ3v) is 4.09. The van der Waals surface area contributed by atoms with E-state index in [-0.39, 0.29) is 16.3 Å². The minimum atomic E-state index is -3.99. The van der Waals surface area contributed by atoms with Crippen molar-refractivity contribution in [3.8, 4) is 0 Å². The Morgan fingerprint density at radius 1 is 1.29 bits per heavy atom. The molecule has 1 amide bonds. The number of aryl methyl sites for hydroxylation is 1. The lowest BCUT2D eigenvalue weighted by atomic mass is 10.1. The van der Waals surface area contributed by atoms with Gasteiger partial charge in [0.2, 0.25) is 11.9 Å². The first-order valence-corrected chi connectivity index (χ1v) is 7.34. The Labute approximate surface area is 120 Å². The third kappa shape index (κ3) is 3.34. The molecule has 2 rings (SSSR count). The normalized spacial score (nSPS) is 11.1. The highest BCUT2D eigenvalue weighted by atomic mass is 32.2. The Hall–Kier alpha value is -2.48. The summed E-state index contributed by atoms with van der Waals surface area (Å²) < 4.78 is 39.4. The number of aromatic nitrogens is 1. The van der Waals surface area contributed by atoms with Crippen LogP contribution in [0.15, 0.2) is 41.3 Å². The predicted molar refractivity (Wildman–Crippen MR) is 74.7 cm³/mol. The van der Waals surface area contributed by atoms with E-state index in [1.807, 2.05) is 0 Å². The van der Waals surface area contributed by atoms with Gasteiger partial charge in [0.15, 0.2) is 0 Å². The highest BCUT2D eigenvalue weighted by Gasteiger charge is 2.17. The summed E-state index contributed by atoms with van der Waals surface area (Å²) >= 11 is 0. The Morgan fingerprint density at radius 3 is 2.62 bits per heavy atom. The van der Waals surface area contributed by atoms with Crippen molar-refractivity contribution in [2.75, 3.05) is 4.72 Å². The van der Waals surface area contributed by atoms with Gasteiger partial charge in [-0.2, -0.15) is 4.39 Å². The highest BCUT2D eigenvalue weighted by molar-refractivity contribution is 7.92. The van der Waals surface area contributed by atoms with Crippen LogP contribution in [0.4, 0.5) is 10.2 Å². The van der Waals surface area contributed by atoms with Crippen LogP contribution in [-0.2, 0) is 10.0 Å². The van der Waals surface area contributed by atoms with E-state index in [1.54, 1.807) is 6.92 Å². The second kappa shape index (κ2) is 5.49. The van der Waals surface area contributed by atoms with Gasteiger partial charge in [0.05, 0.1) is 4.90 Å². The van der Waals surface area contributed by atoms with Crippen LogP contribution in [0.1, 0.15) is 15.9 Å². The third-order valence-electron chi connectivity index (χ3n) is 2.74. The lowest BCUT2D eigenvalue weighted by molar-refractivity contribution is 0.0999. The van der Waals surface area contributed by atoms with Crippen molar-refractivity contribution in [2.24, 2.45) is 5.73 Å². The van der Waals surface area contributed by atoms with Crippen molar-refractivity contribution >= 4 is 21.7 Å². The molecule has 0 aliphatic carbocycles. The number of anilines is 1. The number of rotatable bonds is 4. The number of nitrogens with one attached hydrogen (secondary N) is 1. The summed E-state index contributed by atoms with van der Waals surface area (Å²) in [5, 5.41) is 0. The van der Waals surface area contributed by atoms with E-state index >= 15 is 0 Å². The zero-order valence-corrected chi connectivity index (χ0v) is 11.8. The van der Waals surface area contributed by atoms with Gasteiger partial charge in [-0.3, -0.25) is 9.52 Å². The zero-order chi connectivity index (χ0) is 15.6. The Morgan fingerprint density at radius 2 is 2.00 bits per heavy atom. The number of sulfonamides is 1. The standard InChI is InChI=1S/C13H12FN3O3S/c1-8-5-6-9(7-10(8)13(15)18)21(19,20)17-12-4-2-3-11(14)16-12/h2-7H,1H3,(H2,15,18)(H,16,17). The van der Waals surface area contributed by atoms with Crippen LogP contribution in [-0.4, -0.2) is 19.3 Å². The topological polar surface area (TPSA) is 102 Å². The molecule has 8 heteroatoms. The van der Waals surface area contributed by atoms with E-state index in [1.165, 1.54) is 30.3 Å². The van der Waals surface area contributed by atoms with E-state index in [4.69, 9.17) is 5.73 Å². The van der Waals surface area contributed by atoms with Crippen LogP contribution >= 0.6 is 0 Å². The molecule has 0 fully saturated rings. The van der Waals surface area contributed by atoms with Gasteiger partial charge < -0.3 is 5.73 Å². The molecular formula is C13H12FN3O3S. The van der Waals surface area contributed by atoms with Crippen LogP contribution in [0.5, 0.6) is 0 Å². The number of nitrogens with zero attached hydrogens (tertiary/aromatic N) is 1. The van der Waals surface area contributed by atoms with Crippen molar-refractivity contribution in [3.05, 3.63) is 53.5 Å². The number of hydrogen-bond acceptors (Lipinski definition) is 4. The first-order chi connectivity index (χ1) is 9.79. The monoisotopic (exact) mass is 309 g/mol. The summed E-state index contributed by atoms with van der Waals surface area (Å²) in [5.74, 6) is -1.69. The molecule has 0 aliphatic heterocycles. The largest absolute Gasteiger partial charge is 0.366 e. The summed E-state index contributed by atoms with van der Waals surface area (Å²) in [6.45, 7) is 1.64. The summed E-state index contributed by atoms with van der Waals surface area (Å²) in [6, 6.07) is 7.68. The fourth-order valence-corrected chi connectivity index (χ4v) is 2.72. The van der Waals surface area contributed by atoms with Gasteiger partial charge in [0, 0.05) is 5.56 Å². The van der Waals surface area contributed by atoms with E-state index in [0.29, 0.717) is 5.56 Å². The molecule has 0 aliphatic rings. The van der Waals surface area contributed by atoms with Crippen LogP contribution < -0.4 is 10.5 Å². The van der Waals surface area contributed by atoms with Crippen molar-refractivity contribution in [1.29, 1.82) is 0 Å². The Bertz CT molecular complexity index is 806. The molecule has 110 valence electrons. The number of primary amides is 1. The molecule has 2 aromatic rings. The van der Waals surface area contributed by atoms with Gasteiger partial charge in [-0.25, -0.2) is 13.4 Å². The van der Waals surface area contributed by atoms with E-state index in [2.05, 4.69) is 9.71 Å². The molecule has 0 saturated heterocycles. The summed E-state index contributed by atoms with van der Waals surface area (Å²) in [5.41, 5.74) is 5.85. The van der Waals surface area contributed by atoms with Gasteiger partial charge in [0.25, 0.3) is 10.0 Å². The predicted octanol–water partition coefficient (Wildman–Crippen LogP) is 1.43. The molecule has 0 unspecified atom stereocenters. The minimum Gasteiger partial charge on any atom is -0.366 e. The summed E-state index contributed by atoms with van der Waals surface area (Å²) in [4.78, 5) is 14.5. The van der Waals surface area contributed by atoms with Crippen LogP contribution in [0.3, 0.4) is 0 Å². The second-order valence-corrected chi connectivity index (χ2v) is 5.97. The number of halogens is 1. The van der Waals surface area contributed by atoms with Gasteiger partial charge in [-0.1, -0.05) is 12.1 Å². The lowest BCUT2D eigenvalue weighted by Crippen LogP contribution is -2.17. The number of carbonyl (C=O) groups is 1. The number of benzene rings is 1. The summed E-state index contributed by atoms with van der Waals surface area (Å²) in [7, 11) is -3.99. The van der Waals surface area contributed by atoms with E-state index in [9.17, 15) is 17.6 Å². The van der Waals surface area contributed by atoms with Gasteiger partial charge in [-0.05, 0) is 36.8 Å². The molecule has 3 N–H and O–H groups in total. The maximum atomic E-state index is 13.0. The molecule has 1 aromatic carbocycles. The number of carbonyl (C=O) groups excluding carboxylic acids is 1. The number of pyridine rings is 1. The quantitative estimate of drug-likeness (QED) is 0.834. The van der Waals surface area contributed by atoms with Gasteiger partial charge in [-0.15, -0.1) is 0 Å². The molecular weight excluding hydrogens is 297 g/mol. The average Bonchev–Trinajstić information content (AvgIpc) is 2.38. The first-order valence-electron chi connectivity index (χ1n) is 5.85. The van der Waals surface area contributed by atoms with Crippen molar-refractivity contribution in [2.45, 2.75) is 11.8 Å². The Kier molecular flexibility index (Phi) is 3.90. The molecule has 0 spiro atoms. The number of hydrogen-bond donors (Lipinski definition) is 2. The maximum Gasteiger partial charge on any atom is 0.263 e. The fraction of sp³-hybridized carbons (Fsp3) is 0.0769. The SMILES string of the molecule is Cc1ccc(S(=O)(=O)Nc2cccc(F)n2)cc1C(N)=O. The van der Waals surface area contributed by atoms with Gasteiger partial charge in [0.1, 0.15) is 5.82 Å². The van der Waals surface area contributed by atoms with Gasteiger partial charge >= 0.3 is 0 Å². The van der Waals surface area contributed by atoms with Crippen molar-refractivity contribution < 1.29 is 17.6 Å². The molecule has 1 heterocycles. The lowest BCUT2D eigenvalue weighted by Gasteiger charge is -2.09. The Balaban J connectivity index is 2.40. The highest BCUT2D eigenvalue weighted by Crippen LogP contribution is 2.18. The maximum absolute atomic E-state index is 13.0. The second-order valence-electron chi connectivity index (χ2n) is 4.29. The molecule has 0 saturated carbocycles. The summed E-state index contributed by atoms with van der Waals surface area (Å²) in [6.07, 6.45) is 0. The smallest absolute Gasteiger partial charge is 0.263 e. The van der Waals surface area contributed by atoms with Crippen molar-refractivity contribution in [3.63, 3.8) is 0 Å². The molecule has 0 bridgehead atoms. The number of nitrogens with two attached hydrogens (primary N) is 1. The van der Waals surface area contributed by atoms with E-state index in [0.717, 1.165) is 6.07 Å². The molecule has 21 heavy (non-hydrogen) atoms. The molecule has 1 aromatic heterocycles. The average molecular weight is 309 g/mol. The number of amides is 1. The van der Waals surface area contributed by atoms with E-state index < -0.39 is 21.9 Å². The first kappa shape index (κ1) is 14.9. The molecule has 0 atom stereocenters. The van der Waals surface area contributed by atoms with Crippen molar-refractivity contribution in [1.82, 2.24) is 4.98 Å². The zero-order valence-electron chi connectivity index (χ0n) is 11.0. The van der Waals surface area contributed by atoms with Crippen LogP contribution in [0, 0.1) is 12.9 Å². The van der Waals surface area contributed by atoms with Crippen LogP contribution in [0.25, 0.3) is 0 Å². The molecule has 0 radical (unpaired) electrons.